The Bertz CT molecular complexity index is 381. The molecular formula is C12H21N3OS2. The zero-order valence-electron chi connectivity index (χ0n) is 11.2. The molecule has 1 rings (SSSR count). The van der Waals surface area contributed by atoms with Crippen LogP contribution in [0.2, 0.25) is 0 Å². The number of nitrogens with two attached hydrogens (primary N) is 1. The van der Waals surface area contributed by atoms with Gasteiger partial charge in [0.05, 0.1) is 0 Å². The minimum atomic E-state index is -0.0139. The van der Waals surface area contributed by atoms with Gasteiger partial charge in [-0.25, -0.2) is 4.98 Å². The average molecular weight is 287 g/mol. The van der Waals surface area contributed by atoms with Crippen molar-refractivity contribution in [1.29, 1.82) is 0 Å². The van der Waals surface area contributed by atoms with E-state index in [0.29, 0.717) is 12.2 Å². The number of carbonyl (C=O) groups is 1. The summed E-state index contributed by atoms with van der Waals surface area (Å²) in [5.74, 6) is 2.19. The molecular weight excluding hydrogens is 266 g/mol. The van der Waals surface area contributed by atoms with E-state index in [-0.39, 0.29) is 11.9 Å². The Labute approximate surface area is 117 Å². The molecule has 1 heterocycles. The normalized spacial score (nSPS) is 12.4. The third-order valence-corrected chi connectivity index (χ3v) is 4.61. The van der Waals surface area contributed by atoms with Crippen LogP contribution in [0.4, 0.5) is 0 Å². The fourth-order valence-electron chi connectivity index (χ4n) is 1.48. The first-order chi connectivity index (χ1) is 8.60. The van der Waals surface area contributed by atoms with Crippen LogP contribution in [0.1, 0.15) is 35.8 Å². The van der Waals surface area contributed by atoms with Gasteiger partial charge in [-0.3, -0.25) is 4.79 Å². The first kappa shape index (κ1) is 15.5. The van der Waals surface area contributed by atoms with Crippen LogP contribution in [0.5, 0.6) is 0 Å². The molecule has 0 saturated carbocycles. The Balaban J connectivity index is 2.54. The Morgan fingerprint density at radius 1 is 1.67 bits per heavy atom. The summed E-state index contributed by atoms with van der Waals surface area (Å²) in [6.45, 7) is 4.61. The molecule has 0 bridgehead atoms. The number of thiazole rings is 1. The number of thioether (sulfide) groups is 1. The van der Waals surface area contributed by atoms with E-state index in [4.69, 9.17) is 5.73 Å². The molecule has 1 amide bonds. The van der Waals surface area contributed by atoms with Gasteiger partial charge in [-0.15, -0.1) is 11.3 Å². The van der Waals surface area contributed by atoms with E-state index in [0.717, 1.165) is 22.9 Å². The van der Waals surface area contributed by atoms with Gasteiger partial charge in [-0.05, 0) is 24.9 Å². The zero-order chi connectivity index (χ0) is 13.5. The minimum absolute atomic E-state index is 0.0139. The van der Waals surface area contributed by atoms with E-state index in [1.807, 2.05) is 18.8 Å². The highest BCUT2D eigenvalue weighted by atomic mass is 32.2. The monoisotopic (exact) mass is 287 g/mol. The van der Waals surface area contributed by atoms with Gasteiger partial charge in [-0.2, -0.15) is 11.8 Å². The second-order valence-electron chi connectivity index (χ2n) is 4.08. The molecule has 1 aromatic rings. The minimum Gasteiger partial charge on any atom is -0.338 e. The van der Waals surface area contributed by atoms with Gasteiger partial charge in [0.1, 0.15) is 10.7 Å². The van der Waals surface area contributed by atoms with Crippen LogP contribution in [0.3, 0.4) is 0 Å². The topological polar surface area (TPSA) is 59.2 Å². The van der Waals surface area contributed by atoms with E-state index in [1.54, 1.807) is 10.3 Å². The van der Waals surface area contributed by atoms with Crippen molar-refractivity contribution in [2.75, 3.05) is 18.6 Å². The molecule has 1 unspecified atom stereocenters. The number of rotatable bonds is 7. The fourth-order valence-corrected chi connectivity index (χ4v) is 2.92. The third kappa shape index (κ3) is 4.26. The fraction of sp³-hybridized carbons (Fsp3) is 0.667. The third-order valence-electron chi connectivity index (χ3n) is 2.81. The molecule has 0 aromatic carbocycles. The smallest absolute Gasteiger partial charge is 0.273 e. The first-order valence-electron chi connectivity index (χ1n) is 6.09. The second kappa shape index (κ2) is 7.76. The Kier molecular flexibility index (Phi) is 6.67. The summed E-state index contributed by atoms with van der Waals surface area (Å²) >= 11 is 3.34. The molecule has 0 spiro atoms. The lowest BCUT2D eigenvalue weighted by Crippen LogP contribution is -2.35. The Morgan fingerprint density at radius 2 is 2.39 bits per heavy atom. The molecule has 0 fully saturated rings. The summed E-state index contributed by atoms with van der Waals surface area (Å²) in [6, 6.07) is 0.236. The number of amides is 1. The van der Waals surface area contributed by atoms with Crippen molar-refractivity contribution in [1.82, 2.24) is 9.88 Å². The maximum atomic E-state index is 12.2. The first-order valence-corrected chi connectivity index (χ1v) is 8.13. The lowest BCUT2D eigenvalue weighted by atomic mass is 10.2. The highest BCUT2D eigenvalue weighted by Crippen LogP contribution is 2.14. The molecule has 18 heavy (non-hydrogen) atoms. The van der Waals surface area contributed by atoms with Gasteiger partial charge in [0, 0.05) is 25.0 Å². The lowest BCUT2D eigenvalue weighted by molar-refractivity contribution is 0.0736. The number of carbonyl (C=O) groups excluding carboxylic acids is 1. The number of hydrogen-bond donors (Lipinski definition) is 1. The Hall–Kier alpha value is -0.590. The largest absolute Gasteiger partial charge is 0.338 e. The summed E-state index contributed by atoms with van der Waals surface area (Å²) in [7, 11) is 1.84. The van der Waals surface area contributed by atoms with Crippen molar-refractivity contribution >= 4 is 29.0 Å². The predicted octanol–water partition coefficient (Wildman–Crippen LogP) is 2.21. The summed E-state index contributed by atoms with van der Waals surface area (Å²) < 4.78 is 0. The maximum absolute atomic E-state index is 12.2. The number of aromatic nitrogens is 1. The summed E-state index contributed by atoms with van der Waals surface area (Å²) in [5, 5.41) is 2.59. The van der Waals surface area contributed by atoms with E-state index in [1.165, 1.54) is 11.3 Å². The molecule has 0 saturated heterocycles. The lowest BCUT2D eigenvalue weighted by Gasteiger charge is -2.24. The molecule has 0 aliphatic heterocycles. The van der Waals surface area contributed by atoms with Gasteiger partial charge in [-0.1, -0.05) is 6.92 Å². The van der Waals surface area contributed by atoms with Gasteiger partial charge in [0.2, 0.25) is 0 Å². The van der Waals surface area contributed by atoms with Crippen molar-refractivity contribution < 1.29 is 4.79 Å². The van der Waals surface area contributed by atoms with Gasteiger partial charge in [0.15, 0.2) is 0 Å². The van der Waals surface area contributed by atoms with E-state index in [2.05, 4.69) is 18.8 Å². The van der Waals surface area contributed by atoms with Gasteiger partial charge < -0.3 is 10.6 Å². The quantitative estimate of drug-likeness (QED) is 0.781. The highest BCUT2D eigenvalue weighted by Gasteiger charge is 2.19. The van der Waals surface area contributed by atoms with Crippen LogP contribution >= 0.6 is 23.1 Å². The van der Waals surface area contributed by atoms with Gasteiger partial charge in [0.25, 0.3) is 5.91 Å². The molecule has 2 N–H and O–H groups in total. The van der Waals surface area contributed by atoms with Crippen molar-refractivity contribution in [3.8, 4) is 0 Å². The SMILES string of the molecule is CCSCCC(C)N(C)C(=O)c1csc(CN)n1. The zero-order valence-corrected chi connectivity index (χ0v) is 12.8. The van der Waals surface area contributed by atoms with Crippen molar-refractivity contribution in [2.24, 2.45) is 5.73 Å². The van der Waals surface area contributed by atoms with Crippen LogP contribution in [-0.2, 0) is 6.54 Å². The number of nitrogens with zero attached hydrogens (tertiary/aromatic N) is 2. The Morgan fingerprint density at radius 3 is 2.94 bits per heavy atom. The van der Waals surface area contributed by atoms with E-state index in [9.17, 15) is 4.79 Å². The van der Waals surface area contributed by atoms with Crippen LogP contribution in [0.25, 0.3) is 0 Å². The van der Waals surface area contributed by atoms with Crippen LogP contribution in [-0.4, -0.2) is 40.4 Å². The molecule has 102 valence electrons. The summed E-state index contributed by atoms with van der Waals surface area (Å²) in [4.78, 5) is 18.2. The standard InChI is InChI=1S/C12H21N3OS2/c1-4-17-6-5-9(2)15(3)12(16)10-8-18-11(7-13)14-10/h8-9H,4-7,13H2,1-3H3. The van der Waals surface area contributed by atoms with Crippen LogP contribution in [0.15, 0.2) is 5.38 Å². The summed E-state index contributed by atoms with van der Waals surface area (Å²) in [5.41, 5.74) is 6.01. The molecule has 1 aromatic heterocycles. The van der Waals surface area contributed by atoms with Gasteiger partial charge >= 0.3 is 0 Å². The van der Waals surface area contributed by atoms with Crippen LogP contribution < -0.4 is 5.73 Å². The second-order valence-corrected chi connectivity index (χ2v) is 6.42. The predicted molar refractivity (Wildman–Crippen MR) is 79.2 cm³/mol. The maximum Gasteiger partial charge on any atom is 0.273 e. The molecule has 0 aliphatic rings. The van der Waals surface area contributed by atoms with Crippen LogP contribution in [0, 0.1) is 0 Å². The van der Waals surface area contributed by atoms with E-state index < -0.39 is 0 Å². The summed E-state index contributed by atoms with van der Waals surface area (Å²) in [6.07, 6.45) is 1.01. The average Bonchev–Trinajstić information content (AvgIpc) is 2.85. The molecule has 0 aliphatic carbocycles. The van der Waals surface area contributed by atoms with Crippen molar-refractivity contribution in [3.05, 3.63) is 16.1 Å². The highest BCUT2D eigenvalue weighted by molar-refractivity contribution is 7.99. The number of hydrogen-bond acceptors (Lipinski definition) is 5. The molecule has 4 nitrogen and oxygen atoms in total. The van der Waals surface area contributed by atoms with E-state index >= 15 is 0 Å². The molecule has 1 atom stereocenters. The van der Waals surface area contributed by atoms with Crippen molar-refractivity contribution in [3.63, 3.8) is 0 Å². The molecule has 0 radical (unpaired) electrons. The van der Waals surface area contributed by atoms with Crippen molar-refractivity contribution in [2.45, 2.75) is 32.9 Å². The molecule has 6 heteroatoms.